The average molecular weight is 199 g/mol. The molecule has 0 aliphatic heterocycles. The molecule has 0 amide bonds. The van der Waals surface area contributed by atoms with Crippen molar-refractivity contribution >= 4 is 5.95 Å². The highest BCUT2D eigenvalue weighted by atomic mass is 19.1. The number of halogens is 1. The van der Waals surface area contributed by atoms with Crippen LogP contribution in [-0.4, -0.2) is 29.2 Å². The molecule has 14 heavy (non-hydrogen) atoms. The lowest BCUT2D eigenvalue weighted by Gasteiger charge is -2.07. The van der Waals surface area contributed by atoms with Gasteiger partial charge < -0.3 is 10.1 Å². The Hall–Kier alpha value is -1.23. The molecule has 4 nitrogen and oxygen atoms in total. The van der Waals surface area contributed by atoms with E-state index in [1.165, 1.54) is 0 Å². The molecule has 0 aliphatic carbocycles. The summed E-state index contributed by atoms with van der Waals surface area (Å²) >= 11 is 0. The molecule has 1 aromatic heterocycles. The fourth-order valence-corrected chi connectivity index (χ4v) is 0.861. The van der Waals surface area contributed by atoms with Crippen LogP contribution in [0.25, 0.3) is 0 Å². The summed E-state index contributed by atoms with van der Waals surface area (Å²) in [7, 11) is 0. The second kappa shape index (κ2) is 5.49. The van der Waals surface area contributed by atoms with Crippen LogP contribution in [0.2, 0.25) is 0 Å². The SMILES string of the molecule is CC(C)OCCNc1ncc(F)cn1. The van der Waals surface area contributed by atoms with Gasteiger partial charge in [-0.25, -0.2) is 14.4 Å². The summed E-state index contributed by atoms with van der Waals surface area (Å²) in [6.07, 6.45) is 2.46. The van der Waals surface area contributed by atoms with Crippen LogP contribution >= 0.6 is 0 Å². The number of ether oxygens (including phenoxy) is 1. The van der Waals surface area contributed by atoms with Gasteiger partial charge in [-0.3, -0.25) is 0 Å². The lowest BCUT2D eigenvalue weighted by molar-refractivity contribution is 0.0870. The van der Waals surface area contributed by atoms with E-state index in [-0.39, 0.29) is 6.10 Å². The third kappa shape index (κ3) is 4.13. The average Bonchev–Trinajstić information content (AvgIpc) is 2.15. The molecular formula is C9H14FN3O. The summed E-state index contributed by atoms with van der Waals surface area (Å²) in [6.45, 7) is 5.13. The summed E-state index contributed by atoms with van der Waals surface area (Å²) in [5, 5.41) is 2.91. The largest absolute Gasteiger partial charge is 0.377 e. The van der Waals surface area contributed by atoms with Crippen molar-refractivity contribution in [2.24, 2.45) is 0 Å². The van der Waals surface area contributed by atoms with Gasteiger partial charge in [0.15, 0.2) is 5.82 Å². The minimum Gasteiger partial charge on any atom is -0.377 e. The second-order valence-corrected chi connectivity index (χ2v) is 3.07. The van der Waals surface area contributed by atoms with Crippen LogP contribution in [0.5, 0.6) is 0 Å². The van der Waals surface area contributed by atoms with Gasteiger partial charge in [-0.05, 0) is 13.8 Å². The van der Waals surface area contributed by atoms with E-state index in [0.717, 1.165) is 12.4 Å². The standard InChI is InChI=1S/C9H14FN3O/c1-7(2)14-4-3-11-9-12-5-8(10)6-13-9/h5-7H,3-4H2,1-2H3,(H,11,12,13). The number of anilines is 1. The summed E-state index contributed by atoms with van der Waals surface area (Å²) in [5.41, 5.74) is 0. The van der Waals surface area contributed by atoms with Gasteiger partial charge in [0.1, 0.15) is 0 Å². The van der Waals surface area contributed by atoms with Crippen molar-refractivity contribution in [3.63, 3.8) is 0 Å². The van der Waals surface area contributed by atoms with Gasteiger partial charge in [0.05, 0.1) is 25.1 Å². The number of hydrogen-bond acceptors (Lipinski definition) is 4. The first-order chi connectivity index (χ1) is 6.68. The van der Waals surface area contributed by atoms with E-state index in [4.69, 9.17) is 4.74 Å². The monoisotopic (exact) mass is 199 g/mol. The van der Waals surface area contributed by atoms with Gasteiger partial charge in [0.25, 0.3) is 0 Å². The normalized spacial score (nSPS) is 10.6. The van der Waals surface area contributed by atoms with Crippen molar-refractivity contribution in [1.29, 1.82) is 0 Å². The first kappa shape index (κ1) is 10.8. The van der Waals surface area contributed by atoms with Crippen LogP contribution < -0.4 is 5.32 Å². The molecule has 78 valence electrons. The third-order valence-electron chi connectivity index (χ3n) is 1.46. The molecule has 1 heterocycles. The maximum Gasteiger partial charge on any atom is 0.222 e. The van der Waals surface area contributed by atoms with Gasteiger partial charge in [0, 0.05) is 6.54 Å². The number of rotatable bonds is 5. The molecule has 5 heteroatoms. The van der Waals surface area contributed by atoms with Gasteiger partial charge in [0.2, 0.25) is 5.95 Å². The molecule has 1 rings (SSSR count). The quantitative estimate of drug-likeness (QED) is 0.729. The number of hydrogen-bond donors (Lipinski definition) is 1. The van der Waals surface area contributed by atoms with Crippen LogP contribution in [0.3, 0.4) is 0 Å². The van der Waals surface area contributed by atoms with E-state index >= 15 is 0 Å². The summed E-state index contributed by atoms with van der Waals surface area (Å²) in [5.74, 6) is -0.0206. The van der Waals surface area contributed by atoms with Crippen LogP contribution in [0.4, 0.5) is 10.3 Å². The first-order valence-corrected chi connectivity index (χ1v) is 4.51. The molecule has 0 aliphatic rings. The molecular weight excluding hydrogens is 185 g/mol. The summed E-state index contributed by atoms with van der Waals surface area (Å²) in [4.78, 5) is 7.48. The molecule has 0 unspecified atom stereocenters. The van der Waals surface area contributed by atoms with Crippen molar-refractivity contribution < 1.29 is 9.13 Å². The minimum absolute atomic E-state index is 0.214. The highest BCUT2D eigenvalue weighted by molar-refractivity contribution is 5.21. The molecule has 0 aromatic carbocycles. The summed E-state index contributed by atoms with van der Waals surface area (Å²) in [6, 6.07) is 0. The summed E-state index contributed by atoms with van der Waals surface area (Å²) < 4.78 is 17.7. The third-order valence-corrected chi connectivity index (χ3v) is 1.46. The molecule has 1 aromatic rings. The van der Waals surface area contributed by atoms with E-state index < -0.39 is 5.82 Å². The first-order valence-electron chi connectivity index (χ1n) is 4.51. The van der Waals surface area contributed by atoms with Crippen LogP contribution in [0, 0.1) is 5.82 Å². The smallest absolute Gasteiger partial charge is 0.222 e. The van der Waals surface area contributed by atoms with Crippen LogP contribution in [0.1, 0.15) is 13.8 Å². The zero-order valence-electron chi connectivity index (χ0n) is 8.33. The van der Waals surface area contributed by atoms with E-state index in [0.29, 0.717) is 19.1 Å². The molecule has 0 radical (unpaired) electrons. The maximum absolute atomic E-state index is 12.4. The van der Waals surface area contributed by atoms with Crippen molar-refractivity contribution in [2.45, 2.75) is 20.0 Å². The Morgan fingerprint density at radius 1 is 1.43 bits per heavy atom. The van der Waals surface area contributed by atoms with Crippen molar-refractivity contribution in [3.8, 4) is 0 Å². The zero-order valence-corrected chi connectivity index (χ0v) is 8.33. The Bertz CT molecular complexity index is 263. The Balaban J connectivity index is 2.21. The topological polar surface area (TPSA) is 47.0 Å². The predicted molar refractivity (Wildman–Crippen MR) is 51.6 cm³/mol. The minimum atomic E-state index is -0.436. The second-order valence-electron chi connectivity index (χ2n) is 3.07. The van der Waals surface area contributed by atoms with Crippen LogP contribution in [0.15, 0.2) is 12.4 Å². The lowest BCUT2D eigenvalue weighted by Crippen LogP contribution is -2.14. The highest BCUT2D eigenvalue weighted by Gasteiger charge is 1.96. The van der Waals surface area contributed by atoms with Gasteiger partial charge >= 0.3 is 0 Å². The zero-order chi connectivity index (χ0) is 10.4. The molecule has 0 bridgehead atoms. The van der Waals surface area contributed by atoms with Crippen LogP contribution in [-0.2, 0) is 4.74 Å². The maximum atomic E-state index is 12.4. The Labute approximate surface area is 82.5 Å². The van der Waals surface area contributed by atoms with E-state index in [1.807, 2.05) is 13.8 Å². The Morgan fingerprint density at radius 3 is 2.64 bits per heavy atom. The van der Waals surface area contributed by atoms with E-state index in [2.05, 4.69) is 15.3 Å². The molecule has 0 atom stereocenters. The fourth-order valence-electron chi connectivity index (χ4n) is 0.861. The Kier molecular flexibility index (Phi) is 4.25. The molecule has 0 fully saturated rings. The highest BCUT2D eigenvalue weighted by Crippen LogP contribution is 1.97. The molecule has 0 saturated carbocycles. The number of aromatic nitrogens is 2. The van der Waals surface area contributed by atoms with E-state index in [1.54, 1.807) is 0 Å². The van der Waals surface area contributed by atoms with E-state index in [9.17, 15) is 4.39 Å². The number of nitrogens with zero attached hydrogens (tertiary/aromatic N) is 2. The van der Waals surface area contributed by atoms with Crippen molar-refractivity contribution in [3.05, 3.63) is 18.2 Å². The van der Waals surface area contributed by atoms with Crippen molar-refractivity contribution in [1.82, 2.24) is 9.97 Å². The molecule has 0 spiro atoms. The van der Waals surface area contributed by atoms with Gasteiger partial charge in [-0.1, -0.05) is 0 Å². The predicted octanol–water partition coefficient (Wildman–Crippen LogP) is 1.45. The van der Waals surface area contributed by atoms with Gasteiger partial charge in [-0.2, -0.15) is 0 Å². The fraction of sp³-hybridized carbons (Fsp3) is 0.556. The lowest BCUT2D eigenvalue weighted by atomic mass is 10.5. The Morgan fingerprint density at radius 2 is 2.07 bits per heavy atom. The molecule has 1 N–H and O–H groups in total. The molecule has 0 saturated heterocycles. The van der Waals surface area contributed by atoms with Gasteiger partial charge in [-0.15, -0.1) is 0 Å². The number of nitrogens with one attached hydrogen (secondary N) is 1. The van der Waals surface area contributed by atoms with Crippen molar-refractivity contribution in [2.75, 3.05) is 18.5 Å².